The molecule has 0 bridgehead atoms. The number of tetrazole rings is 1. The van der Waals surface area contributed by atoms with Gasteiger partial charge in [-0.2, -0.15) is 0 Å². The molecule has 0 amide bonds. The maximum Gasteiger partial charge on any atom is 0.185 e. The summed E-state index contributed by atoms with van der Waals surface area (Å²) in [6.45, 7) is 0.901. The molecule has 0 aliphatic heterocycles. The Labute approximate surface area is 123 Å². The first-order valence-electron chi connectivity index (χ1n) is 7.42. The Morgan fingerprint density at radius 1 is 1.38 bits per heavy atom. The predicted octanol–water partition coefficient (Wildman–Crippen LogP) is 2.12. The number of methoxy groups -OCH3 is 1. The highest BCUT2D eigenvalue weighted by Crippen LogP contribution is 2.62. The molecule has 0 spiro atoms. The van der Waals surface area contributed by atoms with Crippen LogP contribution in [-0.4, -0.2) is 27.3 Å². The van der Waals surface area contributed by atoms with Crippen molar-refractivity contribution in [2.75, 3.05) is 12.8 Å². The minimum Gasteiger partial charge on any atom is -0.494 e. The predicted molar refractivity (Wildman–Crippen MR) is 78.6 cm³/mol. The second-order valence-corrected chi connectivity index (χ2v) is 6.22. The number of ether oxygens (including phenoxy) is 1. The maximum absolute atomic E-state index is 5.98. The molecule has 2 N–H and O–H groups in total. The van der Waals surface area contributed by atoms with E-state index >= 15 is 0 Å². The number of nitrogens with two attached hydrogens (primary N) is 1. The first-order chi connectivity index (χ1) is 10.2. The zero-order chi connectivity index (χ0) is 14.4. The lowest BCUT2D eigenvalue weighted by Gasteiger charge is -2.16. The first-order valence-corrected chi connectivity index (χ1v) is 7.42. The molecule has 6 nitrogen and oxygen atoms in total. The number of anilines is 1. The Morgan fingerprint density at radius 3 is 2.86 bits per heavy atom. The Bertz CT molecular complexity index is 672. The fourth-order valence-electron chi connectivity index (χ4n) is 3.31. The average Bonchev–Trinajstić information content (AvgIpc) is 3.37. The third kappa shape index (κ3) is 2.05. The van der Waals surface area contributed by atoms with Crippen molar-refractivity contribution >= 4 is 5.69 Å². The van der Waals surface area contributed by atoms with Crippen LogP contribution in [0.2, 0.25) is 0 Å². The van der Waals surface area contributed by atoms with Gasteiger partial charge in [-0.3, -0.25) is 0 Å². The van der Waals surface area contributed by atoms with Crippen LogP contribution in [0.4, 0.5) is 5.69 Å². The van der Waals surface area contributed by atoms with Crippen molar-refractivity contribution in [3.05, 3.63) is 18.2 Å². The largest absolute Gasteiger partial charge is 0.494 e. The van der Waals surface area contributed by atoms with Crippen molar-refractivity contribution in [3.8, 4) is 17.1 Å². The molecule has 110 valence electrons. The van der Waals surface area contributed by atoms with Gasteiger partial charge in [-0.05, 0) is 59.6 Å². The highest BCUT2D eigenvalue weighted by Gasteiger charge is 2.54. The van der Waals surface area contributed by atoms with Gasteiger partial charge >= 0.3 is 0 Å². The van der Waals surface area contributed by atoms with E-state index in [1.165, 1.54) is 25.7 Å². The molecule has 2 aliphatic carbocycles. The molecule has 0 unspecified atom stereocenters. The van der Waals surface area contributed by atoms with Crippen LogP contribution in [0.25, 0.3) is 11.4 Å². The number of aromatic nitrogens is 4. The second kappa shape index (κ2) is 4.44. The minimum atomic E-state index is 0.442. The molecule has 1 aromatic carbocycles. The van der Waals surface area contributed by atoms with Crippen molar-refractivity contribution in [1.29, 1.82) is 0 Å². The van der Waals surface area contributed by atoms with Gasteiger partial charge in [-0.25, -0.2) is 4.68 Å². The summed E-state index contributed by atoms with van der Waals surface area (Å²) >= 11 is 0. The molecular weight excluding hydrogens is 266 g/mol. The van der Waals surface area contributed by atoms with Crippen LogP contribution in [0.3, 0.4) is 0 Å². The monoisotopic (exact) mass is 285 g/mol. The molecule has 1 heterocycles. The maximum atomic E-state index is 5.98. The van der Waals surface area contributed by atoms with Gasteiger partial charge in [-0.1, -0.05) is 6.07 Å². The molecule has 6 heteroatoms. The van der Waals surface area contributed by atoms with Crippen LogP contribution in [0.1, 0.15) is 25.7 Å². The zero-order valence-electron chi connectivity index (χ0n) is 12.1. The zero-order valence-corrected chi connectivity index (χ0v) is 12.1. The minimum absolute atomic E-state index is 0.442. The van der Waals surface area contributed by atoms with Crippen molar-refractivity contribution in [2.45, 2.75) is 32.2 Å². The van der Waals surface area contributed by atoms with Crippen molar-refractivity contribution in [3.63, 3.8) is 0 Å². The fraction of sp³-hybridized carbons (Fsp3) is 0.533. The normalized spacial score (nSPS) is 19.5. The Hall–Kier alpha value is -2.11. The van der Waals surface area contributed by atoms with E-state index in [4.69, 9.17) is 10.5 Å². The summed E-state index contributed by atoms with van der Waals surface area (Å²) < 4.78 is 7.35. The van der Waals surface area contributed by atoms with Crippen LogP contribution in [0.5, 0.6) is 5.75 Å². The summed E-state index contributed by atoms with van der Waals surface area (Å²) in [5, 5.41) is 12.2. The van der Waals surface area contributed by atoms with Crippen LogP contribution < -0.4 is 10.5 Å². The molecule has 4 rings (SSSR count). The smallest absolute Gasteiger partial charge is 0.185 e. The Balaban J connectivity index is 1.70. The lowest BCUT2D eigenvalue weighted by atomic mass is 10.0. The van der Waals surface area contributed by atoms with Gasteiger partial charge in [0, 0.05) is 0 Å². The van der Waals surface area contributed by atoms with Crippen molar-refractivity contribution in [1.82, 2.24) is 20.2 Å². The van der Waals surface area contributed by atoms with E-state index in [-0.39, 0.29) is 0 Å². The third-order valence-corrected chi connectivity index (χ3v) is 4.82. The molecular formula is C15H19N5O. The number of hydrogen-bond donors (Lipinski definition) is 1. The first kappa shape index (κ1) is 12.6. The average molecular weight is 285 g/mol. The molecule has 1 aromatic heterocycles. The topological polar surface area (TPSA) is 78.8 Å². The van der Waals surface area contributed by atoms with E-state index in [1.807, 2.05) is 22.9 Å². The van der Waals surface area contributed by atoms with Gasteiger partial charge in [0.05, 0.1) is 24.9 Å². The highest BCUT2D eigenvalue weighted by molar-refractivity contribution is 5.73. The number of benzene rings is 1. The van der Waals surface area contributed by atoms with Crippen molar-refractivity contribution < 1.29 is 4.74 Å². The molecule has 21 heavy (non-hydrogen) atoms. The van der Waals surface area contributed by atoms with Gasteiger partial charge in [0.25, 0.3) is 0 Å². The number of para-hydroxylation sites is 1. The summed E-state index contributed by atoms with van der Waals surface area (Å²) in [6, 6.07) is 5.68. The molecule has 2 aliphatic rings. The van der Waals surface area contributed by atoms with E-state index in [0.717, 1.165) is 23.9 Å². The summed E-state index contributed by atoms with van der Waals surface area (Å²) in [4.78, 5) is 0. The second-order valence-electron chi connectivity index (χ2n) is 6.22. The number of nitrogen functional groups attached to an aromatic ring is 1. The lowest BCUT2D eigenvalue weighted by molar-refractivity contribution is 0.348. The van der Waals surface area contributed by atoms with E-state index in [0.29, 0.717) is 16.9 Å². The van der Waals surface area contributed by atoms with E-state index in [9.17, 15) is 0 Å². The van der Waals surface area contributed by atoms with Crippen LogP contribution >= 0.6 is 0 Å². The Morgan fingerprint density at radius 2 is 2.19 bits per heavy atom. The molecule has 0 radical (unpaired) electrons. The molecule has 0 atom stereocenters. The van der Waals surface area contributed by atoms with Gasteiger partial charge in [0.2, 0.25) is 0 Å². The SMILES string of the molecule is COc1c(N)cccc1-c1nnnn1CC1(C2CC2)CC1. The van der Waals surface area contributed by atoms with Crippen LogP contribution in [-0.2, 0) is 6.54 Å². The summed E-state index contributed by atoms with van der Waals surface area (Å²) in [6.07, 6.45) is 5.31. The number of rotatable bonds is 5. The van der Waals surface area contributed by atoms with Gasteiger partial charge in [0.15, 0.2) is 11.6 Å². The highest BCUT2D eigenvalue weighted by atomic mass is 16.5. The quantitative estimate of drug-likeness (QED) is 0.851. The van der Waals surface area contributed by atoms with Crippen molar-refractivity contribution in [2.24, 2.45) is 11.3 Å². The van der Waals surface area contributed by atoms with E-state index < -0.39 is 0 Å². The Kier molecular flexibility index (Phi) is 2.67. The summed E-state index contributed by atoms with van der Waals surface area (Å²) in [5.74, 6) is 2.26. The van der Waals surface area contributed by atoms with Gasteiger partial charge in [0.1, 0.15) is 0 Å². The molecule has 2 aromatic rings. The lowest BCUT2D eigenvalue weighted by Crippen LogP contribution is -2.16. The third-order valence-electron chi connectivity index (χ3n) is 4.82. The van der Waals surface area contributed by atoms with Crippen LogP contribution in [0.15, 0.2) is 18.2 Å². The molecule has 2 saturated carbocycles. The number of hydrogen-bond acceptors (Lipinski definition) is 5. The summed E-state index contributed by atoms with van der Waals surface area (Å²) in [7, 11) is 1.62. The van der Waals surface area contributed by atoms with Crippen LogP contribution in [0, 0.1) is 11.3 Å². The molecule has 2 fully saturated rings. The number of nitrogens with zero attached hydrogens (tertiary/aromatic N) is 4. The van der Waals surface area contributed by atoms with E-state index in [1.54, 1.807) is 7.11 Å². The molecule has 0 saturated heterocycles. The summed E-state index contributed by atoms with van der Waals surface area (Å²) in [5.41, 5.74) is 7.89. The van der Waals surface area contributed by atoms with Gasteiger partial charge in [-0.15, -0.1) is 5.10 Å². The fourth-order valence-corrected chi connectivity index (χ4v) is 3.31. The van der Waals surface area contributed by atoms with Gasteiger partial charge < -0.3 is 10.5 Å². The standard InChI is InChI=1S/C15H19N5O/c1-21-13-11(3-2-4-12(13)16)14-17-18-19-20(14)9-15(7-8-15)10-5-6-10/h2-4,10H,5-9,16H2,1H3. The van der Waals surface area contributed by atoms with E-state index in [2.05, 4.69) is 15.5 Å².